The van der Waals surface area contributed by atoms with Gasteiger partial charge in [-0.25, -0.2) is 0 Å². The van der Waals surface area contributed by atoms with Gasteiger partial charge in [0.05, 0.1) is 11.0 Å². The number of carbonyl (C=O) groups is 3. The topological polar surface area (TPSA) is 127 Å². The lowest BCUT2D eigenvalue weighted by atomic mass is 10.1. The van der Waals surface area contributed by atoms with Gasteiger partial charge in [0.15, 0.2) is 5.82 Å². The lowest BCUT2D eigenvalue weighted by Gasteiger charge is -2.16. The number of aryl methyl sites for hydroxylation is 1. The molecular weight excluding hydrogens is 368 g/mol. The SMILES string of the molecule is Cc1cc(NC(=O)C(C)SCC(=O)NC(Cc2ccccc2)C(N)=O)no1. The number of aromatic nitrogens is 1. The van der Waals surface area contributed by atoms with E-state index in [1.54, 1.807) is 19.9 Å². The highest BCUT2D eigenvalue weighted by atomic mass is 32.2. The fourth-order valence-corrected chi connectivity index (χ4v) is 2.93. The summed E-state index contributed by atoms with van der Waals surface area (Å²) in [5.74, 6) is -0.338. The van der Waals surface area contributed by atoms with E-state index in [0.29, 0.717) is 18.0 Å². The summed E-state index contributed by atoms with van der Waals surface area (Å²) in [7, 11) is 0. The second-order valence-corrected chi connectivity index (χ2v) is 7.31. The van der Waals surface area contributed by atoms with Crippen molar-refractivity contribution in [1.82, 2.24) is 10.5 Å². The molecular formula is C18H22N4O4S. The normalized spacial score (nSPS) is 12.8. The third-order valence-corrected chi connectivity index (χ3v) is 4.82. The summed E-state index contributed by atoms with van der Waals surface area (Å²) < 4.78 is 4.88. The minimum atomic E-state index is -0.803. The van der Waals surface area contributed by atoms with E-state index in [9.17, 15) is 14.4 Å². The fourth-order valence-electron chi connectivity index (χ4n) is 2.24. The first-order valence-electron chi connectivity index (χ1n) is 8.33. The molecule has 1 aromatic carbocycles. The molecule has 1 aromatic heterocycles. The number of hydrogen-bond donors (Lipinski definition) is 3. The molecule has 0 bridgehead atoms. The number of anilines is 1. The molecule has 0 radical (unpaired) electrons. The molecule has 0 aliphatic heterocycles. The van der Waals surface area contributed by atoms with Crippen LogP contribution in [-0.2, 0) is 20.8 Å². The zero-order valence-electron chi connectivity index (χ0n) is 15.1. The van der Waals surface area contributed by atoms with E-state index in [-0.39, 0.29) is 17.6 Å². The quantitative estimate of drug-likeness (QED) is 0.591. The molecule has 4 N–H and O–H groups in total. The molecule has 0 aliphatic carbocycles. The van der Waals surface area contributed by atoms with Gasteiger partial charge < -0.3 is 20.9 Å². The Hall–Kier alpha value is -2.81. The van der Waals surface area contributed by atoms with E-state index in [1.165, 1.54) is 0 Å². The zero-order chi connectivity index (χ0) is 19.8. The van der Waals surface area contributed by atoms with E-state index in [2.05, 4.69) is 15.8 Å². The molecule has 2 unspecified atom stereocenters. The zero-order valence-corrected chi connectivity index (χ0v) is 15.9. The largest absolute Gasteiger partial charge is 0.368 e. The van der Waals surface area contributed by atoms with Crippen molar-refractivity contribution in [2.45, 2.75) is 31.6 Å². The van der Waals surface area contributed by atoms with E-state index in [4.69, 9.17) is 10.3 Å². The minimum absolute atomic E-state index is 0.0188. The highest BCUT2D eigenvalue weighted by Crippen LogP contribution is 2.14. The van der Waals surface area contributed by atoms with Crippen molar-refractivity contribution in [2.24, 2.45) is 5.73 Å². The van der Waals surface area contributed by atoms with Gasteiger partial charge in [0.2, 0.25) is 17.7 Å². The van der Waals surface area contributed by atoms with Gasteiger partial charge in [-0.3, -0.25) is 14.4 Å². The highest BCUT2D eigenvalue weighted by molar-refractivity contribution is 8.01. The number of carbonyl (C=O) groups excluding carboxylic acids is 3. The average Bonchev–Trinajstić information content (AvgIpc) is 3.04. The smallest absolute Gasteiger partial charge is 0.240 e. The molecule has 2 atom stereocenters. The van der Waals surface area contributed by atoms with Gasteiger partial charge in [-0.15, -0.1) is 11.8 Å². The molecule has 0 spiro atoms. The fraction of sp³-hybridized carbons (Fsp3) is 0.333. The number of benzene rings is 1. The van der Waals surface area contributed by atoms with E-state index >= 15 is 0 Å². The first-order chi connectivity index (χ1) is 12.8. The molecule has 0 saturated heterocycles. The predicted octanol–water partition coefficient (Wildman–Crippen LogP) is 1.26. The predicted molar refractivity (Wildman–Crippen MR) is 103 cm³/mol. The van der Waals surface area contributed by atoms with Crippen molar-refractivity contribution >= 4 is 35.3 Å². The van der Waals surface area contributed by atoms with Gasteiger partial charge in [0.25, 0.3) is 0 Å². The van der Waals surface area contributed by atoms with Crippen molar-refractivity contribution in [3.63, 3.8) is 0 Å². The molecule has 0 fully saturated rings. The Morgan fingerprint density at radius 1 is 1.26 bits per heavy atom. The van der Waals surface area contributed by atoms with Crippen LogP contribution in [-0.4, -0.2) is 39.9 Å². The third kappa shape index (κ3) is 6.78. The van der Waals surface area contributed by atoms with Crippen LogP contribution in [0, 0.1) is 6.92 Å². The molecule has 27 heavy (non-hydrogen) atoms. The summed E-state index contributed by atoms with van der Waals surface area (Å²) in [4.78, 5) is 35.8. The second kappa shape index (κ2) is 9.77. The van der Waals surface area contributed by atoms with Gasteiger partial charge >= 0.3 is 0 Å². The van der Waals surface area contributed by atoms with Crippen LogP contribution >= 0.6 is 11.8 Å². The maximum Gasteiger partial charge on any atom is 0.240 e. The summed E-state index contributed by atoms with van der Waals surface area (Å²) in [6.45, 7) is 3.39. The van der Waals surface area contributed by atoms with Crippen LogP contribution in [0.1, 0.15) is 18.2 Å². The van der Waals surface area contributed by atoms with Crippen LogP contribution in [0.25, 0.3) is 0 Å². The van der Waals surface area contributed by atoms with Gasteiger partial charge in [0, 0.05) is 12.5 Å². The monoisotopic (exact) mass is 390 g/mol. The molecule has 3 amide bonds. The van der Waals surface area contributed by atoms with E-state index < -0.39 is 17.2 Å². The summed E-state index contributed by atoms with van der Waals surface area (Å²) in [5, 5.41) is 8.42. The van der Waals surface area contributed by atoms with Gasteiger partial charge in [-0.05, 0) is 19.4 Å². The number of nitrogens with two attached hydrogens (primary N) is 1. The first-order valence-corrected chi connectivity index (χ1v) is 9.38. The van der Waals surface area contributed by atoms with Crippen molar-refractivity contribution in [2.75, 3.05) is 11.1 Å². The number of rotatable bonds is 9. The van der Waals surface area contributed by atoms with Crippen molar-refractivity contribution in [1.29, 1.82) is 0 Å². The molecule has 1 heterocycles. The number of thioether (sulfide) groups is 1. The Kier molecular flexibility index (Phi) is 7.42. The van der Waals surface area contributed by atoms with Crippen molar-refractivity contribution < 1.29 is 18.9 Å². The maximum atomic E-state index is 12.1. The van der Waals surface area contributed by atoms with Crippen molar-refractivity contribution in [3.8, 4) is 0 Å². The van der Waals surface area contributed by atoms with Gasteiger partial charge in [0.1, 0.15) is 11.8 Å². The van der Waals surface area contributed by atoms with Gasteiger partial charge in [-0.2, -0.15) is 0 Å². The molecule has 8 nitrogen and oxygen atoms in total. The summed E-state index contributed by atoms with van der Waals surface area (Å²) in [6, 6.07) is 10.1. The molecule has 144 valence electrons. The van der Waals surface area contributed by atoms with Crippen LogP contribution in [0.3, 0.4) is 0 Å². The minimum Gasteiger partial charge on any atom is -0.368 e. The number of nitrogens with one attached hydrogen (secondary N) is 2. The summed E-state index contributed by atoms with van der Waals surface area (Å²) >= 11 is 1.14. The summed E-state index contributed by atoms with van der Waals surface area (Å²) in [6.07, 6.45) is 0.314. The Morgan fingerprint density at radius 3 is 2.56 bits per heavy atom. The number of amides is 3. The standard InChI is InChI=1S/C18H22N4O4S/c1-11-8-15(22-26-11)21-18(25)12(2)27-10-16(23)20-14(17(19)24)9-13-6-4-3-5-7-13/h3-8,12,14H,9-10H2,1-2H3,(H2,19,24)(H,20,23)(H,21,22,25). The first kappa shape index (κ1) is 20.5. The molecule has 0 aliphatic rings. The van der Waals surface area contributed by atoms with Crippen LogP contribution in [0.5, 0.6) is 0 Å². The molecule has 2 aromatic rings. The van der Waals surface area contributed by atoms with Crippen molar-refractivity contribution in [3.05, 3.63) is 47.7 Å². The molecule has 2 rings (SSSR count). The van der Waals surface area contributed by atoms with Crippen LogP contribution < -0.4 is 16.4 Å². The average molecular weight is 390 g/mol. The van der Waals surface area contributed by atoms with E-state index in [1.807, 2.05) is 30.3 Å². The Morgan fingerprint density at radius 2 is 1.96 bits per heavy atom. The second-order valence-electron chi connectivity index (χ2n) is 5.98. The van der Waals surface area contributed by atoms with Crippen LogP contribution in [0.4, 0.5) is 5.82 Å². The Bertz CT molecular complexity index is 794. The Labute approximate surface area is 161 Å². The Balaban J connectivity index is 1.80. The van der Waals surface area contributed by atoms with Crippen LogP contribution in [0.15, 0.2) is 40.9 Å². The lowest BCUT2D eigenvalue weighted by Crippen LogP contribution is -2.46. The number of hydrogen-bond acceptors (Lipinski definition) is 6. The third-order valence-electron chi connectivity index (χ3n) is 3.67. The highest BCUT2D eigenvalue weighted by Gasteiger charge is 2.21. The molecule has 0 saturated carbocycles. The van der Waals surface area contributed by atoms with E-state index in [0.717, 1.165) is 17.3 Å². The maximum absolute atomic E-state index is 12.1. The summed E-state index contributed by atoms with van der Waals surface area (Å²) in [5.41, 5.74) is 6.28. The lowest BCUT2D eigenvalue weighted by molar-refractivity contribution is -0.125. The molecule has 9 heteroatoms. The van der Waals surface area contributed by atoms with Crippen LogP contribution in [0.2, 0.25) is 0 Å². The van der Waals surface area contributed by atoms with Gasteiger partial charge in [-0.1, -0.05) is 35.5 Å². The number of primary amides is 1. The number of nitrogens with zero attached hydrogens (tertiary/aromatic N) is 1.